The van der Waals surface area contributed by atoms with Gasteiger partial charge in [-0.15, -0.1) is 0 Å². The summed E-state index contributed by atoms with van der Waals surface area (Å²) in [5.41, 5.74) is 4.05. The van der Waals surface area contributed by atoms with E-state index in [0.717, 1.165) is 79.7 Å². The van der Waals surface area contributed by atoms with Gasteiger partial charge in [-0.2, -0.15) is 0 Å². The largest absolute Gasteiger partial charge is 0.378 e. The Bertz CT molecular complexity index is 1010. The number of ether oxygens (including phenoxy) is 2. The number of rotatable bonds is 5. The highest BCUT2D eigenvalue weighted by Gasteiger charge is 2.18. The molecule has 0 unspecified atom stereocenters. The summed E-state index contributed by atoms with van der Waals surface area (Å²) in [5, 5.41) is 4.36. The molecule has 31 heavy (non-hydrogen) atoms. The summed E-state index contributed by atoms with van der Waals surface area (Å²) in [6, 6.07) is 10.3. The van der Waals surface area contributed by atoms with Crippen LogP contribution in [0.15, 0.2) is 36.5 Å². The van der Waals surface area contributed by atoms with Crippen LogP contribution in [0.4, 0.5) is 22.5 Å². The molecule has 162 valence electrons. The molecule has 0 bridgehead atoms. The SMILES string of the molecule is Cc1nc(N2CCOCC2)sc1-c1ccnc(Nc2ccc(N3CCOCC3)cc2)n1. The molecule has 0 saturated carbocycles. The molecule has 8 nitrogen and oxygen atoms in total. The molecule has 4 heterocycles. The fraction of sp³-hybridized carbons (Fsp3) is 0.409. The molecule has 2 aliphatic heterocycles. The Morgan fingerprint density at radius 3 is 2.26 bits per heavy atom. The summed E-state index contributed by atoms with van der Waals surface area (Å²) in [6.45, 7) is 8.72. The van der Waals surface area contributed by atoms with Crippen molar-refractivity contribution in [3.8, 4) is 10.6 Å². The zero-order valence-electron chi connectivity index (χ0n) is 17.6. The van der Waals surface area contributed by atoms with E-state index >= 15 is 0 Å². The van der Waals surface area contributed by atoms with Crippen molar-refractivity contribution >= 4 is 33.8 Å². The first kappa shape index (κ1) is 20.2. The molecule has 2 aliphatic rings. The van der Waals surface area contributed by atoms with Gasteiger partial charge in [-0.25, -0.2) is 15.0 Å². The average Bonchev–Trinajstić information content (AvgIpc) is 3.23. The third-order valence-corrected chi connectivity index (χ3v) is 6.70. The molecule has 0 atom stereocenters. The van der Waals surface area contributed by atoms with E-state index in [1.807, 2.05) is 13.0 Å². The van der Waals surface area contributed by atoms with Crippen LogP contribution in [0.5, 0.6) is 0 Å². The van der Waals surface area contributed by atoms with E-state index in [1.54, 1.807) is 17.5 Å². The number of morpholine rings is 2. The number of aryl methyl sites for hydroxylation is 1. The second kappa shape index (κ2) is 9.17. The predicted octanol–water partition coefficient (Wildman–Crippen LogP) is 3.33. The van der Waals surface area contributed by atoms with Gasteiger partial charge in [0.25, 0.3) is 0 Å². The van der Waals surface area contributed by atoms with Gasteiger partial charge in [-0.3, -0.25) is 0 Å². The van der Waals surface area contributed by atoms with Gasteiger partial charge in [0.1, 0.15) is 0 Å². The Labute approximate surface area is 185 Å². The van der Waals surface area contributed by atoms with Crippen LogP contribution in [0.2, 0.25) is 0 Å². The normalized spacial score (nSPS) is 17.1. The van der Waals surface area contributed by atoms with Gasteiger partial charge >= 0.3 is 0 Å². The van der Waals surface area contributed by atoms with Gasteiger partial charge in [-0.05, 0) is 37.3 Å². The number of hydrogen-bond acceptors (Lipinski definition) is 9. The maximum absolute atomic E-state index is 5.46. The number of benzene rings is 1. The van der Waals surface area contributed by atoms with Gasteiger partial charge in [0, 0.05) is 43.8 Å². The maximum atomic E-state index is 5.46. The number of hydrogen-bond donors (Lipinski definition) is 1. The molecule has 0 aliphatic carbocycles. The van der Waals surface area contributed by atoms with Crippen molar-refractivity contribution in [1.29, 1.82) is 0 Å². The van der Waals surface area contributed by atoms with E-state index in [-0.39, 0.29) is 0 Å². The lowest BCUT2D eigenvalue weighted by Crippen LogP contribution is -2.36. The van der Waals surface area contributed by atoms with Crippen LogP contribution in [0.1, 0.15) is 5.69 Å². The van der Waals surface area contributed by atoms with E-state index in [4.69, 9.17) is 19.4 Å². The Morgan fingerprint density at radius 2 is 1.55 bits per heavy atom. The van der Waals surface area contributed by atoms with Crippen molar-refractivity contribution in [2.45, 2.75) is 6.92 Å². The summed E-state index contributed by atoms with van der Waals surface area (Å²) in [4.78, 5) is 19.6. The van der Waals surface area contributed by atoms with Crippen molar-refractivity contribution in [3.05, 3.63) is 42.2 Å². The number of thiazole rings is 1. The number of nitrogens with one attached hydrogen (secondary N) is 1. The van der Waals surface area contributed by atoms with Crippen LogP contribution < -0.4 is 15.1 Å². The van der Waals surface area contributed by atoms with Crippen molar-refractivity contribution in [2.24, 2.45) is 0 Å². The molecule has 5 rings (SSSR count). The van der Waals surface area contributed by atoms with Crippen molar-refractivity contribution in [3.63, 3.8) is 0 Å². The minimum Gasteiger partial charge on any atom is -0.378 e. The van der Waals surface area contributed by atoms with Crippen LogP contribution in [0.3, 0.4) is 0 Å². The summed E-state index contributed by atoms with van der Waals surface area (Å²) >= 11 is 1.68. The minimum absolute atomic E-state index is 0.581. The Hall–Kier alpha value is -2.75. The van der Waals surface area contributed by atoms with Gasteiger partial charge in [0.05, 0.1) is 42.7 Å². The number of nitrogens with zero attached hydrogens (tertiary/aromatic N) is 5. The van der Waals surface area contributed by atoms with Crippen LogP contribution in [-0.2, 0) is 9.47 Å². The molecule has 0 amide bonds. The standard InChI is InChI=1S/C22H26N6O2S/c1-16-20(31-22(24-16)28-10-14-30-15-11-28)19-6-7-23-21(26-19)25-17-2-4-18(5-3-17)27-8-12-29-13-9-27/h2-7H,8-15H2,1H3,(H,23,25,26). The van der Waals surface area contributed by atoms with Crippen LogP contribution >= 0.6 is 11.3 Å². The first-order valence-corrected chi connectivity index (χ1v) is 11.4. The highest BCUT2D eigenvalue weighted by molar-refractivity contribution is 7.19. The lowest BCUT2D eigenvalue weighted by Gasteiger charge is -2.28. The predicted molar refractivity (Wildman–Crippen MR) is 124 cm³/mol. The molecule has 9 heteroatoms. The molecule has 1 aromatic carbocycles. The molecule has 2 saturated heterocycles. The second-order valence-electron chi connectivity index (χ2n) is 7.55. The fourth-order valence-corrected chi connectivity index (χ4v) is 4.85. The zero-order chi connectivity index (χ0) is 21.0. The Kier molecular flexibility index (Phi) is 5.97. The van der Waals surface area contributed by atoms with Gasteiger partial charge in [0.2, 0.25) is 5.95 Å². The van der Waals surface area contributed by atoms with Crippen molar-refractivity contribution in [1.82, 2.24) is 15.0 Å². The summed E-state index contributed by atoms with van der Waals surface area (Å²) < 4.78 is 10.9. The highest BCUT2D eigenvalue weighted by atomic mass is 32.1. The van der Waals surface area contributed by atoms with Gasteiger partial charge in [0.15, 0.2) is 5.13 Å². The third kappa shape index (κ3) is 4.63. The molecular formula is C22H26N6O2S. The van der Waals surface area contributed by atoms with Crippen LogP contribution in [0, 0.1) is 6.92 Å². The van der Waals surface area contributed by atoms with Gasteiger partial charge in [-0.1, -0.05) is 11.3 Å². The molecule has 2 fully saturated rings. The van der Waals surface area contributed by atoms with Crippen molar-refractivity contribution < 1.29 is 9.47 Å². The van der Waals surface area contributed by atoms with E-state index in [9.17, 15) is 0 Å². The van der Waals surface area contributed by atoms with E-state index < -0.39 is 0 Å². The van der Waals surface area contributed by atoms with E-state index in [1.165, 1.54) is 5.69 Å². The minimum atomic E-state index is 0.581. The Morgan fingerprint density at radius 1 is 0.871 bits per heavy atom. The number of aromatic nitrogens is 3. The summed E-state index contributed by atoms with van der Waals surface area (Å²) in [5.74, 6) is 0.581. The van der Waals surface area contributed by atoms with Gasteiger partial charge < -0.3 is 24.6 Å². The first-order valence-electron chi connectivity index (χ1n) is 10.6. The average molecular weight is 439 g/mol. The molecule has 2 aromatic heterocycles. The fourth-order valence-electron chi connectivity index (χ4n) is 3.76. The van der Waals surface area contributed by atoms with E-state index in [2.05, 4.69) is 44.4 Å². The second-order valence-corrected chi connectivity index (χ2v) is 8.52. The summed E-state index contributed by atoms with van der Waals surface area (Å²) in [6.07, 6.45) is 1.79. The maximum Gasteiger partial charge on any atom is 0.227 e. The van der Waals surface area contributed by atoms with Crippen molar-refractivity contribution in [2.75, 3.05) is 67.7 Å². The third-order valence-electron chi connectivity index (χ3n) is 5.45. The lowest BCUT2D eigenvalue weighted by molar-refractivity contribution is 0.122. The zero-order valence-corrected chi connectivity index (χ0v) is 18.4. The van der Waals surface area contributed by atoms with Crippen LogP contribution in [-0.4, -0.2) is 67.6 Å². The molecule has 0 spiro atoms. The monoisotopic (exact) mass is 438 g/mol. The smallest absolute Gasteiger partial charge is 0.227 e. The quantitative estimate of drug-likeness (QED) is 0.650. The Balaban J connectivity index is 1.31. The van der Waals surface area contributed by atoms with E-state index in [0.29, 0.717) is 5.95 Å². The molecule has 3 aromatic rings. The molecule has 1 N–H and O–H groups in total. The number of anilines is 4. The molecular weight excluding hydrogens is 412 g/mol. The van der Waals surface area contributed by atoms with Crippen LogP contribution in [0.25, 0.3) is 10.6 Å². The summed E-state index contributed by atoms with van der Waals surface area (Å²) in [7, 11) is 0. The topological polar surface area (TPSA) is 75.6 Å². The lowest BCUT2D eigenvalue weighted by atomic mass is 10.2. The highest BCUT2D eigenvalue weighted by Crippen LogP contribution is 2.34. The molecule has 0 radical (unpaired) electrons. The first-order chi connectivity index (χ1) is 15.3.